The van der Waals surface area contributed by atoms with Crippen LogP contribution in [0.5, 0.6) is 0 Å². The molecule has 0 unspecified atom stereocenters. The van der Waals surface area contributed by atoms with Gasteiger partial charge in [0.1, 0.15) is 29.5 Å². The van der Waals surface area contributed by atoms with Gasteiger partial charge in [0.15, 0.2) is 5.76 Å². The Morgan fingerprint density at radius 3 is 2.58 bits per heavy atom. The van der Waals surface area contributed by atoms with E-state index in [9.17, 15) is 9.59 Å². The Labute approximate surface area is 189 Å². The number of rotatable bonds is 8. The van der Waals surface area contributed by atoms with Crippen molar-refractivity contribution in [3.05, 3.63) is 83.7 Å². The first-order valence-corrected chi connectivity index (χ1v) is 10.0. The number of aromatic nitrogens is 3. The van der Waals surface area contributed by atoms with Crippen LogP contribution in [0, 0.1) is 6.92 Å². The van der Waals surface area contributed by atoms with Gasteiger partial charge in [-0.15, -0.1) is 0 Å². The smallest absolute Gasteiger partial charge is 0.291 e. The molecular weight excluding hydrogens is 426 g/mol. The number of hydrogen-bond donors (Lipinski definition) is 2. The Morgan fingerprint density at radius 2 is 1.85 bits per heavy atom. The number of furan rings is 1. The Morgan fingerprint density at radius 1 is 1.03 bits per heavy atom. The summed E-state index contributed by atoms with van der Waals surface area (Å²) < 4.78 is 16.2. The van der Waals surface area contributed by atoms with Crippen LogP contribution < -0.4 is 10.6 Å². The van der Waals surface area contributed by atoms with Crippen LogP contribution in [0.15, 0.2) is 63.8 Å². The maximum absolute atomic E-state index is 12.3. The second-order valence-electron chi connectivity index (χ2n) is 7.03. The molecule has 0 fully saturated rings. The molecule has 0 saturated heterocycles. The van der Waals surface area contributed by atoms with Gasteiger partial charge in [0.2, 0.25) is 5.89 Å². The molecule has 0 aliphatic heterocycles. The zero-order valence-corrected chi connectivity index (χ0v) is 18.0. The van der Waals surface area contributed by atoms with Crippen molar-refractivity contribution in [1.82, 2.24) is 20.3 Å². The van der Waals surface area contributed by atoms with Crippen LogP contribution in [0.3, 0.4) is 0 Å². The van der Waals surface area contributed by atoms with Gasteiger partial charge in [-0.3, -0.25) is 14.6 Å². The monoisotopic (exact) mass is 447 g/mol. The first kappa shape index (κ1) is 21.9. The largest absolute Gasteiger partial charge is 0.453 e. The van der Waals surface area contributed by atoms with E-state index in [4.69, 9.17) is 13.6 Å². The summed E-state index contributed by atoms with van der Waals surface area (Å²) in [5.74, 6) is 1.05. The van der Waals surface area contributed by atoms with E-state index in [1.165, 1.54) is 18.6 Å². The molecule has 0 atom stereocenters. The summed E-state index contributed by atoms with van der Waals surface area (Å²) in [6, 6.07) is 10.3. The standard InChI is InChI=1S/C23H21N5O5/c1-14-18(12-26-21(29)19-11-24-9-10-25-19)28-23(32-14)15-3-5-16(6-4-15)27-22(30)20-8-7-17(33-20)13-31-2/h3-11H,12-13H2,1-2H3,(H,26,29)(H,27,30). The van der Waals surface area contributed by atoms with Gasteiger partial charge in [-0.2, -0.15) is 0 Å². The third-order valence-electron chi connectivity index (χ3n) is 4.67. The number of nitrogens with zero attached hydrogens (tertiary/aromatic N) is 3. The maximum atomic E-state index is 12.3. The predicted octanol–water partition coefficient (Wildman–Crippen LogP) is 3.36. The minimum Gasteiger partial charge on any atom is -0.453 e. The van der Waals surface area contributed by atoms with Crippen molar-refractivity contribution in [2.24, 2.45) is 0 Å². The number of anilines is 1. The average Bonchev–Trinajstić information content (AvgIpc) is 3.45. The molecule has 4 rings (SSSR count). The second-order valence-corrected chi connectivity index (χ2v) is 7.03. The molecule has 1 aromatic carbocycles. The fraction of sp³-hybridized carbons (Fsp3) is 0.174. The molecule has 0 aliphatic rings. The van der Waals surface area contributed by atoms with Crippen LogP contribution >= 0.6 is 0 Å². The van der Waals surface area contributed by atoms with E-state index in [2.05, 4.69) is 25.6 Å². The lowest BCUT2D eigenvalue weighted by Crippen LogP contribution is -2.24. The number of benzene rings is 1. The van der Waals surface area contributed by atoms with E-state index in [0.29, 0.717) is 35.4 Å². The lowest BCUT2D eigenvalue weighted by atomic mass is 10.2. The Bertz CT molecular complexity index is 1250. The summed E-state index contributed by atoms with van der Waals surface area (Å²) >= 11 is 0. The summed E-state index contributed by atoms with van der Waals surface area (Å²) in [4.78, 5) is 36.8. The van der Waals surface area contributed by atoms with Crippen LogP contribution in [0.2, 0.25) is 0 Å². The molecule has 3 heterocycles. The number of amides is 2. The number of ether oxygens (including phenoxy) is 1. The molecule has 33 heavy (non-hydrogen) atoms. The number of carbonyl (C=O) groups excluding carboxylic acids is 2. The highest BCUT2D eigenvalue weighted by atomic mass is 16.5. The number of carbonyl (C=O) groups is 2. The average molecular weight is 447 g/mol. The van der Waals surface area contributed by atoms with E-state index < -0.39 is 0 Å². The van der Waals surface area contributed by atoms with Crippen LogP contribution in [0.25, 0.3) is 11.5 Å². The van der Waals surface area contributed by atoms with Crippen molar-refractivity contribution in [2.75, 3.05) is 12.4 Å². The lowest BCUT2D eigenvalue weighted by molar-refractivity contribution is 0.0943. The summed E-state index contributed by atoms with van der Waals surface area (Å²) in [7, 11) is 1.55. The van der Waals surface area contributed by atoms with Crippen LogP contribution in [-0.4, -0.2) is 33.9 Å². The molecule has 0 radical (unpaired) electrons. The van der Waals surface area contributed by atoms with Crippen LogP contribution in [0.4, 0.5) is 5.69 Å². The molecule has 0 aliphatic carbocycles. The van der Waals surface area contributed by atoms with Crippen molar-refractivity contribution in [1.29, 1.82) is 0 Å². The van der Waals surface area contributed by atoms with Crippen molar-refractivity contribution < 1.29 is 23.2 Å². The third-order valence-corrected chi connectivity index (χ3v) is 4.67. The van der Waals surface area contributed by atoms with Gasteiger partial charge in [0.05, 0.1) is 12.7 Å². The third kappa shape index (κ3) is 5.31. The molecule has 0 bridgehead atoms. The van der Waals surface area contributed by atoms with Gasteiger partial charge in [0, 0.05) is 30.8 Å². The number of hydrogen-bond acceptors (Lipinski definition) is 8. The maximum Gasteiger partial charge on any atom is 0.291 e. The van der Waals surface area contributed by atoms with E-state index >= 15 is 0 Å². The van der Waals surface area contributed by atoms with Crippen molar-refractivity contribution in [2.45, 2.75) is 20.1 Å². The highest BCUT2D eigenvalue weighted by molar-refractivity contribution is 6.02. The highest BCUT2D eigenvalue weighted by Crippen LogP contribution is 2.24. The Kier molecular flexibility index (Phi) is 6.56. The van der Waals surface area contributed by atoms with E-state index in [-0.39, 0.29) is 29.8 Å². The number of methoxy groups -OCH3 is 1. The fourth-order valence-electron chi connectivity index (χ4n) is 3.00. The van der Waals surface area contributed by atoms with Crippen molar-refractivity contribution in [3.8, 4) is 11.5 Å². The number of aryl methyl sites for hydroxylation is 1. The Balaban J connectivity index is 1.38. The minimum absolute atomic E-state index is 0.188. The molecule has 10 heteroatoms. The zero-order chi connectivity index (χ0) is 23.2. The van der Waals surface area contributed by atoms with E-state index in [0.717, 1.165) is 5.56 Å². The molecule has 10 nitrogen and oxygen atoms in total. The van der Waals surface area contributed by atoms with E-state index in [1.54, 1.807) is 50.4 Å². The molecule has 168 valence electrons. The van der Waals surface area contributed by atoms with Gasteiger partial charge >= 0.3 is 0 Å². The highest BCUT2D eigenvalue weighted by Gasteiger charge is 2.15. The van der Waals surface area contributed by atoms with Crippen molar-refractivity contribution in [3.63, 3.8) is 0 Å². The molecule has 0 spiro atoms. The lowest BCUT2D eigenvalue weighted by Gasteiger charge is -2.04. The van der Waals surface area contributed by atoms with E-state index in [1.807, 2.05) is 0 Å². The summed E-state index contributed by atoms with van der Waals surface area (Å²) in [5.41, 5.74) is 2.14. The van der Waals surface area contributed by atoms with Crippen molar-refractivity contribution >= 4 is 17.5 Å². The van der Waals surface area contributed by atoms with Gasteiger partial charge in [0.25, 0.3) is 11.8 Å². The van der Waals surface area contributed by atoms with Gasteiger partial charge in [-0.1, -0.05) is 0 Å². The first-order valence-electron chi connectivity index (χ1n) is 10.0. The molecule has 4 aromatic rings. The summed E-state index contributed by atoms with van der Waals surface area (Å²) in [6.45, 7) is 2.26. The number of oxazole rings is 1. The van der Waals surface area contributed by atoms with Crippen LogP contribution in [-0.2, 0) is 17.9 Å². The Hall–Kier alpha value is -4.31. The van der Waals surface area contributed by atoms with Gasteiger partial charge < -0.3 is 24.2 Å². The summed E-state index contributed by atoms with van der Waals surface area (Å²) in [6.07, 6.45) is 4.34. The molecule has 2 amide bonds. The molecule has 3 aromatic heterocycles. The first-order chi connectivity index (χ1) is 16.0. The van der Waals surface area contributed by atoms with Gasteiger partial charge in [-0.05, 0) is 43.3 Å². The predicted molar refractivity (Wildman–Crippen MR) is 117 cm³/mol. The van der Waals surface area contributed by atoms with Gasteiger partial charge in [-0.25, -0.2) is 9.97 Å². The quantitative estimate of drug-likeness (QED) is 0.420. The zero-order valence-electron chi connectivity index (χ0n) is 18.0. The molecule has 2 N–H and O–H groups in total. The normalized spacial score (nSPS) is 10.7. The molecular formula is C23H21N5O5. The fourth-order valence-corrected chi connectivity index (χ4v) is 3.00. The second kappa shape index (κ2) is 9.88. The topological polar surface area (TPSA) is 132 Å². The van der Waals surface area contributed by atoms with Crippen LogP contribution in [0.1, 0.15) is 38.3 Å². The summed E-state index contributed by atoms with van der Waals surface area (Å²) in [5, 5.41) is 5.52. The SMILES string of the molecule is COCc1ccc(C(=O)Nc2ccc(-c3nc(CNC(=O)c4cnccn4)c(C)o3)cc2)o1. The minimum atomic E-state index is -0.363. The molecule has 0 saturated carbocycles. The number of nitrogens with one attached hydrogen (secondary N) is 2.